The van der Waals surface area contributed by atoms with Gasteiger partial charge in [0.25, 0.3) is 0 Å². The molecule has 0 atom stereocenters. The Kier molecular flexibility index (Phi) is 6.42. The van der Waals surface area contributed by atoms with Crippen LogP contribution in [0.1, 0.15) is 43.6 Å². The van der Waals surface area contributed by atoms with E-state index in [2.05, 4.69) is 30.2 Å². The molecular weight excluding hydrogens is 232 g/mol. The molecule has 2 nitrogen and oxygen atoms in total. The molecule has 1 rings (SSSR count). The number of carbonyl (C=O) groups is 1. The van der Waals surface area contributed by atoms with Crippen LogP contribution in [0.15, 0.2) is 11.4 Å². The van der Waals surface area contributed by atoms with Gasteiger partial charge in [-0.25, -0.2) is 0 Å². The van der Waals surface area contributed by atoms with E-state index in [9.17, 15) is 4.79 Å². The van der Waals surface area contributed by atoms with Crippen molar-refractivity contribution in [2.45, 2.75) is 39.5 Å². The van der Waals surface area contributed by atoms with E-state index in [4.69, 9.17) is 4.74 Å². The van der Waals surface area contributed by atoms with Crippen LogP contribution in [0.4, 0.5) is 0 Å². The maximum Gasteiger partial charge on any atom is 0.317 e. The fourth-order valence-electron chi connectivity index (χ4n) is 1.42. The SMILES string of the molecule is CCCCc1ccsc1C#CCC(=O)OCC. The number of carbonyl (C=O) groups excluding carboxylic acids is 1. The van der Waals surface area contributed by atoms with E-state index in [0.29, 0.717) is 6.61 Å². The lowest BCUT2D eigenvalue weighted by atomic mass is 10.1. The van der Waals surface area contributed by atoms with Crippen LogP contribution in [0.25, 0.3) is 0 Å². The minimum Gasteiger partial charge on any atom is -0.465 e. The van der Waals surface area contributed by atoms with Crippen molar-refractivity contribution in [3.05, 3.63) is 21.9 Å². The lowest BCUT2D eigenvalue weighted by Gasteiger charge is -1.96. The molecule has 0 spiro atoms. The van der Waals surface area contributed by atoms with Crippen molar-refractivity contribution in [1.82, 2.24) is 0 Å². The second-order valence-electron chi connectivity index (χ2n) is 3.66. The van der Waals surface area contributed by atoms with E-state index in [1.54, 1.807) is 18.3 Å². The second kappa shape index (κ2) is 7.92. The molecular formula is C14H18O2S. The molecule has 1 aromatic rings. The Morgan fingerprint density at radius 3 is 3.00 bits per heavy atom. The molecule has 0 saturated carbocycles. The highest BCUT2D eigenvalue weighted by molar-refractivity contribution is 7.10. The molecule has 1 heterocycles. The van der Waals surface area contributed by atoms with E-state index in [-0.39, 0.29) is 12.4 Å². The highest BCUT2D eigenvalue weighted by Gasteiger charge is 2.01. The molecule has 3 heteroatoms. The number of thiophene rings is 1. The van der Waals surface area contributed by atoms with E-state index in [1.165, 1.54) is 18.4 Å². The number of hydrogen-bond donors (Lipinski definition) is 0. The van der Waals surface area contributed by atoms with E-state index in [1.807, 2.05) is 0 Å². The summed E-state index contributed by atoms with van der Waals surface area (Å²) in [5.74, 6) is 5.69. The molecule has 0 amide bonds. The van der Waals surface area contributed by atoms with Crippen molar-refractivity contribution in [1.29, 1.82) is 0 Å². The van der Waals surface area contributed by atoms with Crippen LogP contribution in [-0.4, -0.2) is 12.6 Å². The first-order chi connectivity index (χ1) is 8.27. The lowest BCUT2D eigenvalue weighted by molar-refractivity contribution is -0.141. The largest absolute Gasteiger partial charge is 0.465 e. The zero-order chi connectivity index (χ0) is 12.5. The molecule has 0 fully saturated rings. The summed E-state index contributed by atoms with van der Waals surface area (Å²) in [6.07, 6.45) is 3.62. The third kappa shape index (κ3) is 5.06. The van der Waals surface area contributed by atoms with Crippen molar-refractivity contribution in [3.8, 4) is 11.8 Å². The van der Waals surface area contributed by atoms with Crippen molar-refractivity contribution in [2.24, 2.45) is 0 Å². The molecule has 17 heavy (non-hydrogen) atoms. The molecule has 0 aliphatic carbocycles. The van der Waals surface area contributed by atoms with Gasteiger partial charge < -0.3 is 4.74 Å². The van der Waals surface area contributed by atoms with Gasteiger partial charge in [-0.2, -0.15) is 0 Å². The summed E-state index contributed by atoms with van der Waals surface area (Å²) < 4.78 is 4.82. The van der Waals surface area contributed by atoms with Gasteiger partial charge in [-0.3, -0.25) is 4.79 Å². The zero-order valence-corrected chi connectivity index (χ0v) is 11.2. The lowest BCUT2D eigenvalue weighted by Crippen LogP contribution is -2.01. The van der Waals surface area contributed by atoms with Crippen molar-refractivity contribution < 1.29 is 9.53 Å². The first-order valence-electron chi connectivity index (χ1n) is 5.98. The Hall–Kier alpha value is -1.27. The first kappa shape index (κ1) is 13.8. The van der Waals surface area contributed by atoms with Crippen molar-refractivity contribution in [3.63, 3.8) is 0 Å². The summed E-state index contributed by atoms with van der Waals surface area (Å²) in [7, 11) is 0. The highest BCUT2D eigenvalue weighted by atomic mass is 32.1. The van der Waals surface area contributed by atoms with Crippen LogP contribution < -0.4 is 0 Å². The van der Waals surface area contributed by atoms with E-state index >= 15 is 0 Å². The average Bonchev–Trinajstić information content (AvgIpc) is 2.74. The molecule has 0 saturated heterocycles. The van der Waals surface area contributed by atoms with Crippen LogP contribution in [-0.2, 0) is 16.0 Å². The van der Waals surface area contributed by atoms with Gasteiger partial charge in [0.2, 0.25) is 0 Å². The second-order valence-corrected chi connectivity index (χ2v) is 4.58. The van der Waals surface area contributed by atoms with Crippen molar-refractivity contribution >= 4 is 17.3 Å². The van der Waals surface area contributed by atoms with Gasteiger partial charge in [-0.1, -0.05) is 25.2 Å². The first-order valence-corrected chi connectivity index (χ1v) is 6.86. The summed E-state index contributed by atoms with van der Waals surface area (Å²) in [5, 5.41) is 2.05. The fraction of sp³-hybridized carbons (Fsp3) is 0.500. The van der Waals surface area contributed by atoms with Crippen LogP contribution in [0, 0.1) is 11.8 Å². The van der Waals surface area contributed by atoms with Gasteiger partial charge in [0.05, 0.1) is 11.5 Å². The maximum atomic E-state index is 11.1. The third-order valence-electron chi connectivity index (χ3n) is 2.29. The Bertz CT molecular complexity index is 409. The van der Waals surface area contributed by atoms with Gasteiger partial charge in [0, 0.05) is 0 Å². The molecule has 0 N–H and O–H groups in total. The van der Waals surface area contributed by atoms with Crippen LogP contribution in [0.2, 0.25) is 0 Å². The van der Waals surface area contributed by atoms with Crippen molar-refractivity contribution in [2.75, 3.05) is 6.61 Å². The Labute approximate surface area is 107 Å². The van der Waals surface area contributed by atoms with Gasteiger partial charge >= 0.3 is 5.97 Å². The number of hydrogen-bond acceptors (Lipinski definition) is 3. The number of ether oxygens (including phenoxy) is 1. The zero-order valence-electron chi connectivity index (χ0n) is 10.4. The topological polar surface area (TPSA) is 26.3 Å². The van der Waals surface area contributed by atoms with Gasteiger partial charge in [-0.05, 0) is 36.8 Å². The molecule has 0 unspecified atom stereocenters. The molecule has 0 aromatic carbocycles. The summed E-state index contributed by atoms with van der Waals surface area (Å²) in [4.78, 5) is 12.2. The Morgan fingerprint density at radius 1 is 1.47 bits per heavy atom. The van der Waals surface area contributed by atoms with E-state index < -0.39 is 0 Å². The predicted molar refractivity (Wildman–Crippen MR) is 71.1 cm³/mol. The quantitative estimate of drug-likeness (QED) is 0.591. The molecule has 0 bridgehead atoms. The fourth-order valence-corrected chi connectivity index (χ4v) is 2.24. The van der Waals surface area contributed by atoms with E-state index in [0.717, 1.165) is 11.3 Å². The minimum atomic E-state index is -0.244. The summed E-state index contributed by atoms with van der Waals surface area (Å²) in [6, 6.07) is 2.12. The molecule has 0 aliphatic heterocycles. The number of rotatable bonds is 5. The summed E-state index contributed by atoms with van der Waals surface area (Å²) >= 11 is 1.64. The van der Waals surface area contributed by atoms with Crippen LogP contribution >= 0.6 is 11.3 Å². The third-order valence-corrected chi connectivity index (χ3v) is 3.16. The standard InChI is InChI=1S/C14H18O2S/c1-3-5-7-12-10-11-17-13(12)8-6-9-14(15)16-4-2/h10-11H,3-5,7,9H2,1-2H3. The minimum absolute atomic E-state index is 0.180. The highest BCUT2D eigenvalue weighted by Crippen LogP contribution is 2.17. The average molecular weight is 250 g/mol. The predicted octanol–water partition coefficient (Wildman–Crippen LogP) is 3.40. The Morgan fingerprint density at radius 2 is 2.29 bits per heavy atom. The van der Waals surface area contributed by atoms with Gasteiger partial charge in [0.1, 0.15) is 6.42 Å². The number of aryl methyl sites for hydroxylation is 1. The summed E-state index contributed by atoms with van der Waals surface area (Å²) in [6.45, 7) is 4.40. The van der Waals surface area contributed by atoms with Gasteiger partial charge in [-0.15, -0.1) is 11.3 Å². The summed E-state index contributed by atoms with van der Waals surface area (Å²) in [5.41, 5.74) is 1.30. The normalized spacial score (nSPS) is 9.53. The number of esters is 1. The molecule has 0 radical (unpaired) electrons. The maximum absolute atomic E-state index is 11.1. The van der Waals surface area contributed by atoms with Gasteiger partial charge in [0.15, 0.2) is 0 Å². The smallest absolute Gasteiger partial charge is 0.317 e. The van der Waals surface area contributed by atoms with Crippen LogP contribution in [0.3, 0.4) is 0 Å². The molecule has 0 aliphatic rings. The monoisotopic (exact) mass is 250 g/mol. The van der Waals surface area contributed by atoms with Crippen LogP contribution in [0.5, 0.6) is 0 Å². The molecule has 92 valence electrons. The Balaban J connectivity index is 2.53. The number of unbranched alkanes of at least 4 members (excludes halogenated alkanes) is 1. The molecule has 1 aromatic heterocycles.